The fourth-order valence-corrected chi connectivity index (χ4v) is 9.59. The maximum atomic E-state index is 6.63. The molecule has 4 aromatic heterocycles. The summed E-state index contributed by atoms with van der Waals surface area (Å²) >= 11 is 1.85. The van der Waals surface area contributed by atoms with Gasteiger partial charge in [0.05, 0.1) is 11.0 Å². The van der Waals surface area contributed by atoms with Gasteiger partial charge in [-0.25, -0.2) is 15.0 Å². The maximum absolute atomic E-state index is 6.63. The van der Waals surface area contributed by atoms with Crippen molar-refractivity contribution < 1.29 is 4.42 Å². The van der Waals surface area contributed by atoms with Crippen molar-refractivity contribution in [1.29, 1.82) is 0 Å². The average Bonchev–Trinajstić information content (AvgIpc) is 3.95. The molecule has 12 rings (SSSR count). The predicted molar refractivity (Wildman–Crippen MR) is 236 cm³/mol. The minimum atomic E-state index is 0.600. The normalized spacial score (nSPS) is 11.9. The molecule has 0 N–H and O–H groups in total. The number of hydrogen-bond donors (Lipinski definition) is 0. The minimum absolute atomic E-state index is 0.600. The lowest BCUT2D eigenvalue weighted by Crippen LogP contribution is -2.00. The summed E-state index contributed by atoms with van der Waals surface area (Å²) in [5, 5.41) is 7.18. The van der Waals surface area contributed by atoms with E-state index in [2.05, 4.69) is 126 Å². The van der Waals surface area contributed by atoms with Gasteiger partial charge in [-0.1, -0.05) is 127 Å². The standard InChI is InChI=1S/C51H30N4OS/c1-3-12-31(13-4-1)49-52-50(32-14-5-2-6-15-32)54-51(53-49)34-23-26-40-39-25-22-33(28-45(39)56-46(40)29-34)36-18-11-19-41-42-30-35(24-27-47(42)57-48(36)41)55-43-20-9-7-16-37(43)38-17-8-10-21-44(38)55/h1-30H. The van der Waals surface area contributed by atoms with Crippen molar-refractivity contribution in [1.82, 2.24) is 19.5 Å². The maximum Gasteiger partial charge on any atom is 0.164 e. The smallest absolute Gasteiger partial charge is 0.164 e. The number of aromatic nitrogens is 4. The fraction of sp³-hybridized carbons (Fsp3) is 0. The Labute approximate surface area is 330 Å². The predicted octanol–water partition coefficient (Wildman–Crippen LogP) is 13.9. The Bertz CT molecular complexity index is 3420. The van der Waals surface area contributed by atoms with Crippen LogP contribution in [0.15, 0.2) is 186 Å². The summed E-state index contributed by atoms with van der Waals surface area (Å²) in [6, 6.07) is 63.8. The second-order valence-electron chi connectivity index (χ2n) is 14.4. The Balaban J connectivity index is 0.955. The number of nitrogens with zero attached hydrogens (tertiary/aromatic N) is 4. The monoisotopic (exact) mass is 746 g/mol. The van der Waals surface area contributed by atoms with Gasteiger partial charge in [-0.2, -0.15) is 0 Å². The van der Waals surface area contributed by atoms with Crippen LogP contribution in [0.4, 0.5) is 0 Å². The number of thiophene rings is 1. The summed E-state index contributed by atoms with van der Waals surface area (Å²) in [4.78, 5) is 14.7. The Morgan fingerprint density at radius 2 is 0.930 bits per heavy atom. The zero-order valence-corrected chi connectivity index (χ0v) is 31.2. The molecule has 57 heavy (non-hydrogen) atoms. The number of para-hydroxylation sites is 2. The van der Waals surface area contributed by atoms with Crippen LogP contribution >= 0.6 is 11.3 Å². The van der Waals surface area contributed by atoms with E-state index in [9.17, 15) is 0 Å². The molecule has 8 aromatic carbocycles. The first kappa shape index (κ1) is 31.9. The van der Waals surface area contributed by atoms with E-state index in [1.54, 1.807) is 0 Å². The molecular weight excluding hydrogens is 717 g/mol. The molecule has 0 fully saturated rings. The average molecular weight is 747 g/mol. The first-order chi connectivity index (χ1) is 28.2. The van der Waals surface area contributed by atoms with Crippen LogP contribution in [0.2, 0.25) is 0 Å². The highest BCUT2D eigenvalue weighted by molar-refractivity contribution is 7.26. The highest BCUT2D eigenvalue weighted by atomic mass is 32.1. The van der Waals surface area contributed by atoms with Crippen LogP contribution in [0.3, 0.4) is 0 Å². The lowest BCUT2D eigenvalue weighted by Gasteiger charge is -2.08. The third-order valence-electron chi connectivity index (χ3n) is 11.1. The van der Waals surface area contributed by atoms with Gasteiger partial charge in [0.25, 0.3) is 0 Å². The van der Waals surface area contributed by atoms with Gasteiger partial charge < -0.3 is 8.98 Å². The highest BCUT2D eigenvalue weighted by Crippen LogP contribution is 2.43. The van der Waals surface area contributed by atoms with Crippen LogP contribution in [0.5, 0.6) is 0 Å². The summed E-state index contributed by atoms with van der Waals surface area (Å²) in [7, 11) is 0. The molecule has 0 saturated carbocycles. The van der Waals surface area contributed by atoms with E-state index in [4.69, 9.17) is 19.4 Å². The molecule has 5 nitrogen and oxygen atoms in total. The molecule has 0 bridgehead atoms. The largest absolute Gasteiger partial charge is 0.456 e. The van der Waals surface area contributed by atoms with Gasteiger partial charge in [-0.15, -0.1) is 11.3 Å². The van der Waals surface area contributed by atoms with Crippen LogP contribution in [0, 0.1) is 0 Å². The van der Waals surface area contributed by atoms with Crippen molar-refractivity contribution in [3.8, 4) is 51.0 Å². The first-order valence-electron chi connectivity index (χ1n) is 19.0. The molecule has 266 valence electrons. The topological polar surface area (TPSA) is 56.7 Å². The van der Waals surface area contributed by atoms with Crippen molar-refractivity contribution >= 4 is 75.3 Å². The minimum Gasteiger partial charge on any atom is -0.456 e. The Morgan fingerprint density at radius 1 is 0.386 bits per heavy atom. The summed E-state index contributed by atoms with van der Waals surface area (Å²) in [5.74, 6) is 1.86. The molecule has 6 heteroatoms. The van der Waals surface area contributed by atoms with Crippen molar-refractivity contribution in [2.45, 2.75) is 0 Å². The van der Waals surface area contributed by atoms with E-state index in [0.717, 1.165) is 49.9 Å². The molecular formula is C51H30N4OS. The van der Waals surface area contributed by atoms with Crippen molar-refractivity contribution in [3.05, 3.63) is 182 Å². The van der Waals surface area contributed by atoms with Crippen LogP contribution < -0.4 is 0 Å². The summed E-state index contributed by atoms with van der Waals surface area (Å²) in [6.07, 6.45) is 0. The van der Waals surface area contributed by atoms with Crippen LogP contribution in [0.25, 0.3) is 115 Å². The lowest BCUT2D eigenvalue weighted by molar-refractivity contribution is 0.669. The third-order valence-corrected chi connectivity index (χ3v) is 12.3. The molecule has 0 saturated heterocycles. The molecule has 0 aliphatic carbocycles. The van der Waals surface area contributed by atoms with E-state index in [1.165, 1.54) is 47.5 Å². The highest BCUT2D eigenvalue weighted by Gasteiger charge is 2.18. The quantitative estimate of drug-likeness (QED) is 0.176. The molecule has 0 atom stereocenters. The number of benzene rings is 8. The van der Waals surface area contributed by atoms with E-state index in [1.807, 2.05) is 72.0 Å². The van der Waals surface area contributed by atoms with Gasteiger partial charge in [-0.05, 0) is 65.7 Å². The number of hydrogen-bond acceptors (Lipinski definition) is 5. The molecule has 12 aromatic rings. The Morgan fingerprint density at radius 3 is 1.58 bits per heavy atom. The number of rotatable bonds is 5. The van der Waals surface area contributed by atoms with Gasteiger partial charge in [0.15, 0.2) is 17.5 Å². The Kier molecular flexibility index (Phi) is 7.03. The van der Waals surface area contributed by atoms with Gasteiger partial charge >= 0.3 is 0 Å². The van der Waals surface area contributed by atoms with E-state index >= 15 is 0 Å². The summed E-state index contributed by atoms with van der Waals surface area (Å²) < 4.78 is 11.6. The molecule has 4 heterocycles. The molecule has 0 aliphatic rings. The van der Waals surface area contributed by atoms with Crippen LogP contribution in [-0.2, 0) is 0 Å². The van der Waals surface area contributed by atoms with Gasteiger partial charge in [0.1, 0.15) is 11.2 Å². The van der Waals surface area contributed by atoms with E-state index in [-0.39, 0.29) is 0 Å². The van der Waals surface area contributed by atoms with Crippen LogP contribution in [0.1, 0.15) is 0 Å². The second-order valence-corrected chi connectivity index (χ2v) is 15.4. The van der Waals surface area contributed by atoms with E-state index < -0.39 is 0 Å². The fourth-order valence-electron chi connectivity index (χ4n) is 8.37. The summed E-state index contributed by atoms with van der Waals surface area (Å²) in [6.45, 7) is 0. The van der Waals surface area contributed by atoms with Crippen molar-refractivity contribution in [2.75, 3.05) is 0 Å². The van der Waals surface area contributed by atoms with Crippen LogP contribution in [-0.4, -0.2) is 19.5 Å². The van der Waals surface area contributed by atoms with Crippen molar-refractivity contribution in [3.63, 3.8) is 0 Å². The molecule has 0 amide bonds. The third kappa shape index (κ3) is 5.12. The van der Waals surface area contributed by atoms with Gasteiger partial charge in [-0.3, -0.25) is 0 Å². The zero-order valence-electron chi connectivity index (χ0n) is 30.4. The molecule has 0 spiro atoms. The lowest BCUT2D eigenvalue weighted by atomic mass is 10.0. The van der Waals surface area contributed by atoms with Crippen molar-refractivity contribution in [2.24, 2.45) is 0 Å². The number of fused-ring (bicyclic) bond motifs is 9. The van der Waals surface area contributed by atoms with Gasteiger partial charge in [0, 0.05) is 64.1 Å². The number of furan rings is 1. The molecule has 0 unspecified atom stereocenters. The molecule has 0 aliphatic heterocycles. The first-order valence-corrected chi connectivity index (χ1v) is 19.8. The molecule has 0 radical (unpaired) electrons. The van der Waals surface area contributed by atoms with Gasteiger partial charge in [0.2, 0.25) is 0 Å². The second kappa shape index (κ2) is 12.6. The summed E-state index contributed by atoms with van der Waals surface area (Å²) in [5.41, 5.74) is 10.3. The Hall–Kier alpha value is -7.41. The zero-order chi connectivity index (χ0) is 37.5. The van der Waals surface area contributed by atoms with E-state index in [0.29, 0.717) is 17.5 Å². The SMILES string of the molecule is c1ccc(-c2nc(-c3ccccc3)nc(-c3ccc4c(c3)oc3cc(-c5cccc6c5sc5ccc(-n7c8ccccc8c8ccccc87)cc56)ccc34)n2)cc1.